The van der Waals surface area contributed by atoms with E-state index in [-0.39, 0.29) is 24.2 Å². The van der Waals surface area contributed by atoms with Crippen molar-refractivity contribution in [2.45, 2.75) is 0 Å². The van der Waals surface area contributed by atoms with Crippen molar-refractivity contribution in [3.8, 4) is 5.75 Å². The molecule has 7 heteroatoms. The van der Waals surface area contributed by atoms with E-state index in [1.54, 1.807) is 43.4 Å². The van der Waals surface area contributed by atoms with E-state index >= 15 is 0 Å². The summed E-state index contributed by atoms with van der Waals surface area (Å²) < 4.78 is 18.4. The van der Waals surface area contributed by atoms with Crippen molar-refractivity contribution < 1.29 is 18.7 Å². The minimum absolute atomic E-state index is 0.232. The zero-order valence-corrected chi connectivity index (χ0v) is 16.0. The second-order valence-corrected chi connectivity index (χ2v) is 6.95. The molecule has 3 aromatic rings. The number of thiophene rings is 1. The molecule has 3 rings (SSSR count). The molecule has 1 heterocycles. The maximum atomic E-state index is 12.9. The fourth-order valence-electron chi connectivity index (χ4n) is 2.51. The van der Waals surface area contributed by atoms with Crippen molar-refractivity contribution in [3.63, 3.8) is 0 Å². The number of anilines is 1. The number of carbonyl (C=O) groups is 2. The van der Waals surface area contributed by atoms with Gasteiger partial charge in [-0.15, -0.1) is 11.3 Å². The number of hydrogen-bond donors (Lipinski definition) is 1. The fraction of sp³-hybridized carbons (Fsp3) is 0.143. The Balaban J connectivity index is 1.61. The van der Waals surface area contributed by atoms with Crippen molar-refractivity contribution in [3.05, 3.63) is 82.3 Å². The molecule has 0 aliphatic rings. The highest BCUT2D eigenvalue weighted by Gasteiger charge is 2.17. The lowest BCUT2D eigenvalue weighted by Crippen LogP contribution is -2.31. The van der Waals surface area contributed by atoms with E-state index in [1.165, 1.54) is 40.5 Å². The molecule has 0 aliphatic carbocycles. The zero-order chi connectivity index (χ0) is 19.9. The molecule has 0 unspecified atom stereocenters. The molecule has 144 valence electrons. The monoisotopic (exact) mass is 398 g/mol. The number of halogens is 1. The minimum Gasteiger partial charge on any atom is -0.492 e. The summed E-state index contributed by atoms with van der Waals surface area (Å²) in [6.07, 6.45) is 0. The van der Waals surface area contributed by atoms with E-state index in [0.29, 0.717) is 28.4 Å². The summed E-state index contributed by atoms with van der Waals surface area (Å²) >= 11 is 1.33. The first kappa shape index (κ1) is 19.6. The molecular formula is C21H19FN2O3S. The number of para-hydroxylation sites is 1. The SMILES string of the molecule is CN(CCOc1ccc(F)cc1)C(=O)c1ccccc1NC(=O)c1cccs1. The second kappa shape index (κ2) is 9.14. The van der Waals surface area contributed by atoms with Crippen LogP contribution in [0.5, 0.6) is 5.75 Å². The van der Waals surface area contributed by atoms with Crippen molar-refractivity contribution in [1.29, 1.82) is 0 Å². The first-order chi connectivity index (χ1) is 13.5. The Labute approximate surface area is 166 Å². The van der Waals surface area contributed by atoms with Gasteiger partial charge in [0.25, 0.3) is 11.8 Å². The number of nitrogens with one attached hydrogen (secondary N) is 1. The molecule has 0 radical (unpaired) electrons. The van der Waals surface area contributed by atoms with Gasteiger partial charge in [0.2, 0.25) is 0 Å². The highest BCUT2D eigenvalue weighted by Crippen LogP contribution is 2.19. The number of likely N-dealkylation sites (N-methyl/N-ethyl adjacent to an activating group) is 1. The van der Waals surface area contributed by atoms with Gasteiger partial charge in [-0.3, -0.25) is 9.59 Å². The summed E-state index contributed by atoms with van der Waals surface area (Å²) in [5.74, 6) is -0.283. The van der Waals surface area contributed by atoms with Crippen LogP contribution in [0.4, 0.5) is 10.1 Å². The molecule has 0 spiro atoms. The maximum Gasteiger partial charge on any atom is 0.265 e. The highest BCUT2D eigenvalue weighted by molar-refractivity contribution is 7.12. The summed E-state index contributed by atoms with van der Waals surface area (Å²) in [7, 11) is 1.66. The van der Waals surface area contributed by atoms with Crippen LogP contribution in [-0.2, 0) is 0 Å². The van der Waals surface area contributed by atoms with Crippen LogP contribution in [0.15, 0.2) is 66.0 Å². The Morgan fingerprint density at radius 1 is 1.07 bits per heavy atom. The standard InChI is InChI=1S/C21H19FN2O3S/c1-24(12-13-27-16-10-8-15(22)9-11-16)21(26)17-5-2-3-6-18(17)23-20(25)19-7-4-14-28-19/h2-11,14H,12-13H2,1H3,(H,23,25). The average molecular weight is 398 g/mol. The van der Waals surface area contributed by atoms with Crippen LogP contribution in [0.3, 0.4) is 0 Å². The molecule has 28 heavy (non-hydrogen) atoms. The molecule has 0 bridgehead atoms. The van der Waals surface area contributed by atoms with E-state index in [4.69, 9.17) is 4.74 Å². The van der Waals surface area contributed by atoms with E-state index in [2.05, 4.69) is 5.32 Å². The summed E-state index contributed by atoms with van der Waals surface area (Å²) in [6, 6.07) is 16.1. The van der Waals surface area contributed by atoms with Crippen LogP contribution in [0, 0.1) is 5.82 Å². The predicted octanol–water partition coefficient (Wildman–Crippen LogP) is 4.29. The molecule has 1 N–H and O–H groups in total. The minimum atomic E-state index is -0.333. The zero-order valence-electron chi connectivity index (χ0n) is 15.2. The molecule has 0 saturated heterocycles. The lowest BCUT2D eigenvalue weighted by atomic mass is 10.1. The quantitative estimate of drug-likeness (QED) is 0.646. The first-order valence-electron chi connectivity index (χ1n) is 8.62. The lowest BCUT2D eigenvalue weighted by molar-refractivity contribution is 0.0775. The summed E-state index contributed by atoms with van der Waals surface area (Å²) in [5, 5.41) is 4.61. The van der Waals surface area contributed by atoms with Crippen LogP contribution in [0.1, 0.15) is 20.0 Å². The Kier molecular flexibility index (Phi) is 6.39. The third kappa shape index (κ3) is 4.95. The molecule has 0 saturated carbocycles. The average Bonchev–Trinajstić information content (AvgIpc) is 3.24. The second-order valence-electron chi connectivity index (χ2n) is 6.01. The van der Waals surface area contributed by atoms with Crippen LogP contribution in [0.25, 0.3) is 0 Å². The Morgan fingerprint density at radius 2 is 1.82 bits per heavy atom. The van der Waals surface area contributed by atoms with Crippen molar-refractivity contribution in [2.24, 2.45) is 0 Å². The van der Waals surface area contributed by atoms with Crippen molar-refractivity contribution in [1.82, 2.24) is 4.90 Å². The van der Waals surface area contributed by atoms with Gasteiger partial charge in [-0.25, -0.2) is 4.39 Å². The molecule has 0 atom stereocenters. The van der Waals surface area contributed by atoms with Crippen LogP contribution >= 0.6 is 11.3 Å². The van der Waals surface area contributed by atoms with Gasteiger partial charge in [0.05, 0.1) is 22.7 Å². The van der Waals surface area contributed by atoms with Crippen LogP contribution in [-0.4, -0.2) is 36.9 Å². The van der Waals surface area contributed by atoms with Crippen LogP contribution < -0.4 is 10.1 Å². The maximum absolute atomic E-state index is 12.9. The number of nitrogens with zero attached hydrogens (tertiary/aromatic N) is 1. The van der Waals surface area contributed by atoms with Gasteiger partial charge in [0.15, 0.2) is 0 Å². The molecule has 2 amide bonds. The van der Waals surface area contributed by atoms with Gasteiger partial charge in [-0.05, 0) is 47.8 Å². The predicted molar refractivity (Wildman–Crippen MR) is 108 cm³/mol. The van der Waals surface area contributed by atoms with Gasteiger partial charge in [-0.1, -0.05) is 18.2 Å². The highest BCUT2D eigenvalue weighted by atomic mass is 32.1. The number of hydrogen-bond acceptors (Lipinski definition) is 4. The number of ether oxygens (including phenoxy) is 1. The lowest BCUT2D eigenvalue weighted by Gasteiger charge is -2.19. The molecular weight excluding hydrogens is 379 g/mol. The normalized spacial score (nSPS) is 10.4. The Hall–Kier alpha value is -3.19. The molecule has 5 nitrogen and oxygen atoms in total. The topological polar surface area (TPSA) is 58.6 Å². The number of carbonyl (C=O) groups excluding carboxylic acids is 2. The van der Waals surface area contributed by atoms with E-state index in [1.807, 2.05) is 5.38 Å². The third-order valence-corrected chi connectivity index (χ3v) is 4.88. The largest absolute Gasteiger partial charge is 0.492 e. The van der Waals surface area contributed by atoms with Gasteiger partial charge < -0.3 is 15.0 Å². The van der Waals surface area contributed by atoms with Crippen molar-refractivity contribution in [2.75, 3.05) is 25.5 Å². The van der Waals surface area contributed by atoms with Gasteiger partial charge in [0, 0.05) is 7.05 Å². The van der Waals surface area contributed by atoms with Gasteiger partial charge in [-0.2, -0.15) is 0 Å². The van der Waals surface area contributed by atoms with Gasteiger partial charge >= 0.3 is 0 Å². The summed E-state index contributed by atoms with van der Waals surface area (Å²) in [5.41, 5.74) is 0.855. The summed E-state index contributed by atoms with van der Waals surface area (Å²) in [6.45, 7) is 0.598. The van der Waals surface area contributed by atoms with Crippen molar-refractivity contribution >= 4 is 28.8 Å². The number of benzene rings is 2. The Morgan fingerprint density at radius 3 is 2.54 bits per heavy atom. The Bertz CT molecular complexity index is 943. The molecule has 1 aromatic heterocycles. The fourth-order valence-corrected chi connectivity index (χ4v) is 3.13. The molecule has 2 aromatic carbocycles. The van der Waals surface area contributed by atoms with Gasteiger partial charge in [0.1, 0.15) is 18.2 Å². The molecule has 0 aliphatic heterocycles. The number of rotatable bonds is 7. The van der Waals surface area contributed by atoms with E-state index < -0.39 is 0 Å². The smallest absolute Gasteiger partial charge is 0.265 e. The number of amides is 2. The first-order valence-corrected chi connectivity index (χ1v) is 9.50. The van der Waals surface area contributed by atoms with E-state index in [0.717, 1.165) is 0 Å². The third-order valence-electron chi connectivity index (χ3n) is 4.01. The van der Waals surface area contributed by atoms with E-state index in [9.17, 15) is 14.0 Å². The summed E-state index contributed by atoms with van der Waals surface area (Å²) in [4.78, 5) is 27.2. The molecule has 0 fully saturated rings. The van der Waals surface area contributed by atoms with Crippen LogP contribution in [0.2, 0.25) is 0 Å².